The summed E-state index contributed by atoms with van der Waals surface area (Å²) in [5, 5.41) is 14.4. The maximum absolute atomic E-state index is 12.3. The smallest absolute Gasteiger partial charge is 0.326 e. The lowest BCUT2D eigenvalue weighted by Crippen LogP contribution is -2.45. The van der Waals surface area contributed by atoms with Crippen LogP contribution in [0.5, 0.6) is 0 Å². The first-order chi connectivity index (χ1) is 12.5. The highest BCUT2D eigenvalue weighted by Crippen LogP contribution is 2.18. The van der Waals surface area contributed by atoms with Crippen molar-refractivity contribution < 1.29 is 19.5 Å². The number of carbonyl (C=O) groups is 3. The molecule has 142 valence electrons. The summed E-state index contributed by atoms with van der Waals surface area (Å²) in [5.41, 5.74) is 2.41. The van der Waals surface area contributed by atoms with Crippen molar-refractivity contribution in [1.29, 1.82) is 0 Å². The molecule has 1 aromatic rings. The number of carboxylic acids is 1. The number of urea groups is 1. The lowest BCUT2D eigenvalue weighted by Gasteiger charge is -2.29. The molecule has 7 nitrogen and oxygen atoms in total. The van der Waals surface area contributed by atoms with Gasteiger partial charge in [-0.15, -0.1) is 0 Å². The topological polar surface area (TPSA) is 98.7 Å². The molecule has 0 fully saturated rings. The third-order valence-electron chi connectivity index (χ3n) is 4.53. The Morgan fingerprint density at radius 1 is 1.23 bits per heavy atom. The van der Waals surface area contributed by atoms with Crippen molar-refractivity contribution in [3.63, 3.8) is 0 Å². The van der Waals surface area contributed by atoms with Gasteiger partial charge in [0, 0.05) is 26.1 Å². The Morgan fingerprint density at radius 3 is 2.65 bits per heavy atom. The summed E-state index contributed by atoms with van der Waals surface area (Å²) >= 11 is 0. The van der Waals surface area contributed by atoms with Crippen LogP contribution in [0.3, 0.4) is 0 Å². The first-order valence-electron chi connectivity index (χ1n) is 9.13. The van der Waals surface area contributed by atoms with Gasteiger partial charge in [0.2, 0.25) is 5.91 Å². The van der Waals surface area contributed by atoms with E-state index in [0.29, 0.717) is 19.5 Å². The van der Waals surface area contributed by atoms with Crippen LogP contribution in [0.25, 0.3) is 0 Å². The van der Waals surface area contributed by atoms with Gasteiger partial charge in [-0.25, -0.2) is 9.59 Å². The van der Waals surface area contributed by atoms with Crippen LogP contribution in [0.15, 0.2) is 24.3 Å². The van der Waals surface area contributed by atoms with Gasteiger partial charge in [-0.2, -0.15) is 0 Å². The van der Waals surface area contributed by atoms with E-state index in [-0.39, 0.29) is 24.9 Å². The quantitative estimate of drug-likeness (QED) is 0.658. The molecule has 0 spiro atoms. The monoisotopic (exact) mass is 361 g/mol. The van der Waals surface area contributed by atoms with Crippen molar-refractivity contribution in [3.05, 3.63) is 35.4 Å². The van der Waals surface area contributed by atoms with Crippen LogP contribution in [-0.2, 0) is 22.6 Å². The summed E-state index contributed by atoms with van der Waals surface area (Å²) in [5.74, 6) is -1.39. The van der Waals surface area contributed by atoms with Gasteiger partial charge in [-0.3, -0.25) is 4.79 Å². The van der Waals surface area contributed by atoms with Crippen LogP contribution in [0.1, 0.15) is 43.7 Å². The predicted octanol–water partition coefficient (Wildman–Crippen LogP) is 1.90. The number of carboxylic acid groups (broad SMARTS) is 1. The fourth-order valence-electron chi connectivity index (χ4n) is 3.00. The Kier molecular flexibility index (Phi) is 7.44. The zero-order valence-electron chi connectivity index (χ0n) is 15.2. The zero-order chi connectivity index (χ0) is 18.9. The number of benzene rings is 1. The molecule has 1 atom stereocenters. The van der Waals surface area contributed by atoms with Gasteiger partial charge in [-0.1, -0.05) is 44.0 Å². The Morgan fingerprint density at radius 2 is 1.96 bits per heavy atom. The Hall–Kier alpha value is -2.57. The third-order valence-corrected chi connectivity index (χ3v) is 4.53. The van der Waals surface area contributed by atoms with Gasteiger partial charge in [0.05, 0.1) is 0 Å². The largest absolute Gasteiger partial charge is 0.480 e. The van der Waals surface area contributed by atoms with Gasteiger partial charge in [0.25, 0.3) is 0 Å². The van der Waals surface area contributed by atoms with Crippen molar-refractivity contribution in [2.75, 3.05) is 13.1 Å². The number of fused-ring (bicyclic) bond motifs is 1. The number of hydrogen-bond acceptors (Lipinski definition) is 3. The molecule has 3 N–H and O–H groups in total. The zero-order valence-corrected chi connectivity index (χ0v) is 15.2. The minimum Gasteiger partial charge on any atom is -0.480 e. The molecule has 0 bridgehead atoms. The van der Waals surface area contributed by atoms with Crippen molar-refractivity contribution in [2.45, 2.75) is 51.6 Å². The predicted molar refractivity (Wildman–Crippen MR) is 97.7 cm³/mol. The van der Waals surface area contributed by atoms with Gasteiger partial charge >= 0.3 is 12.0 Å². The maximum atomic E-state index is 12.3. The summed E-state index contributed by atoms with van der Waals surface area (Å²) in [7, 11) is 0. The average molecular weight is 361 g/mol. The van der Waals surface area contributed by atoms with Crippen molar-refractivity contribution >= 4 is 17.9 Å². The molecular formula is C19H27N3O4. The van der Waals surface area contributed by atoms with E-state index in [0.717, 1.165) is 24.8 Å². The SMILES string of the molecule is CCCCC(NC(=O)CCNC(=O)N1CCc2ccccc2C1)C(=O)O. The number of unbranched alkanes of at least 4 members (excludes halogenated alkanes) is 1. The van der Waals surface area contributed by atoms with Gasteiger partial charge in [-0.05, 0) is 24.0 Å². The van der Waals surface area contributed by atoms with Gasteiger partial charge < -0.3 is 20.6 Å². The summed E-state index contributed by atoms with van der Waals surface area (Å²) in [4.78, 5) is 37.0. The fraction of sp³-hybridized carbons (Fsp3) is 0.526. The highest BCUT2D eigenvalue weighted by Gasteiger charge is 2.21. The molecule has 0 saturated heterocycles. The molecule has 2 rings (SSSR count). The molecule has 3 amide bonds. The van der Waals surface area contributed by atoms with Gasteiger partial charge in [0.15, 0.2) is 0 Å². The van der Waals surface area contributed by atoms with Crippen LogP contribution < -0.4 is 10.6 Å². The molecule has 1 aromatic carbocycles. The molecule has 0 saturated carbocycles. The molecule has 0 aliphatic carbocycles. The van der Waals surface area contributed by atoms with Crippen molar-refractivity contribution in [3.8, 4) is 0 Å². The fourth-order valence-corrected chi connectivity index (χ4v) is 3.00. The van der Waals surface area contributed by atoms with Crippen LogP contribution >= 0.6 is 0 Å². The molecule has 1 heterocycles. The van der Waals surface area contributed by atoms with E-state index in [1.165, 1.54) is 5.56 Å². The van der Waals surface area contributed by atoms with Crippen LogP contribution in [-0.4, -0.2) is 47.0 Å². The molecule has 1 aliphatic rings. The van der Waals surface area contributed by atoms with Crippen LogP contribution in [0, 0.1) is 0 Å². The number of aliphatic carboxylic acids is 1. The van der Waals surface area contributed by atoms with E-state index in [1.807, 2.05) is 25.1 Å². The molecule has 7 heteroatoms. The normalized spacial score (nSPS) is 14.3. The number of carbonyl (C=O) groups excluding carboxylic acids is 2. The van der Waals surface area contributed by atoms with E-state index in [4.69, 9.17) is 5.11 Å². The van der Waals surface area contributed by atoms with Crippen LogP contribution in [0.2, 0.25) is 0 Å². The van der Waals surface area contributed by atoms with Crippen molar-refractivity contribution in [1.82, 2.24) is 15.5 Å². The Balaban J connectivity index is 1.72. The number of nitrogens with one attached hydrogen (secondary N) is 2. The second-order valence-electron chi connectivity index (χ2n) is 6.52. The highest BCUT2D eigenvalue weighted by atomic mass is 16.4. The minimum absolute atomic E-state index is 0.0616. The molecule has 0 aromatic heterocycles. The van der Waals surface area contributed by atoms with Crippen molar-refractivity contribution in [2.24, 2.45) is 0 Å². The van der Waals surface area contributed by atoms with E-state index in [2.05, 4.69) is 16.7 Å². The molecule has 1 unspecified atom stereocenters. The minimum atomic E-state index is -1.03. The first kappa shape index (κ1) is 19.8. The molecule has 26 heavy (non-hydrogen) atoms. The first-order valence-corrected chi connectivity index (χ1v) is 9.13. The lowest BCUT2D eigenvalue weighted by molar-refractivity contribution is -0.142. The molecule has 1 aliphatic heterocycles. The second-order valence-corrected chi connectivity index (χ2v) is 6.52. The summed E-state index contributed by atoms with van der Waals surface area (Å²) in [6, 6.07) is 6.99. The molecular weight excluding hydrogens is 334 g/mol. The Bertz CT molecular complexity index is 647. The molecule has 0 radical (unpaired) electrons. The van der Waals surface area contributed by atoms with E-state index in [1.54, 1.807) is 4.90 Å². The lowest BCUT2D eigenvalue weighted by atomic mass is 10.0. The maximum Gasteiger partial charge on any atom is 0.326 e. The highest BCUT2D eigenvalue weighted by molar-refractivity contribution is 5.84. The number of amides is 3. The Labute approximate surface area is 153 Å². The summed E-state index contributed by atoms with van der Waals surface area (Å²) < 4.78 is 0. The van der Waals surface area contributed by atoms with Crippen LogP contribution in [0.4, 0.5) is 4.79 Å². The average Bonchev–Trinajstić information content (AvgIpc) is 2.64. The summed E-state index contributed by atoms with van der Waals surface area (Å²) in [6.45, 7) is 3.36. The van der Waals surface area contributed by atoms with Gasteiger partial charge in [0.1, 0.15) is 6.04 Å². The summed E-state index contributed by atoms with van der Waals surface area (Å²) in [6.07, 6.45) is 2.91. The number of nitrogens with zero attached hydrogens (tertiary/aromatic N) is 1. The second kappa shape index (κ2) is 9.79. The standard InChI is InChI=1S/C19H27N3O4/c1-2-3-8-16(18(24)25)21-17(23)9-11-20-19(26)22-12-10-14-6-4-5-7-15(14)13-22/h4-7,16H,2-3,8-13H2,1H3,(H,20,26)(H,21,23)(H,24,25). The third kappa shape index (κ3) is 5.75. The number of rotatable bonds is 8. The van der Waals surface area contributed by atoms with E-state index < -0.39 is 12.0 Å². The number of hydrogen-bond donors (Lipinski definition) is 3. The van der Waals surface area contributed by atoms with E-state index >= 15 is 0 Å². The van der Waals surface area contributed by atoms with E-state index in [9.17, 15) is 14.4 Å².